The maximum Gasteiger partial charge on any atom is 0.0713 e. The number of nitrogens with one attached hydrogen (secondary N) is 1. The van der Waals surface area contributed by atoms with Gasteiger partial charge in [0.05, 0.1) is 19.3 Å². The summed E-state index contributed by atoms with van der Waals surface area (Å²) in [7, 11) is 1.71. The van der Waals surface area contributed by atoms with Gasteiger partial charge < -0.3 is 10.1 Å². The van der Waals surface area contributed by atoms with Gasteiger partial charge in [-0.3, -0.25) is 4.68 Å². The van der Waals surface area contributed by atoms with Crippen LogP contribution in [-0.2, 0) is 24.4 Å². The van der Waals surface area contributed by atoms with Gasteiger partial charge in [-0.25, -0.2) is 0 Å². The molecule has 0 bridgehead atoms. The predicted molar refractivity (Wildman–Crippen MR) is 68.9 cm³/mol. The topological polar surface area (TPSA) is 52.0 Å². The van der Waals surface area contributed by atoms with Gasteiger partial charge in [0.15, 0.2) is 0 Å². The molecule has 0 aliphatic carbocycles. The zero-order chi connectivity index (χ0) is 12.6. The van der Waals surface area contributed by atoms with Gasteiger partial charge >= 0.3 is 0 Å². The van der Waals surface area contributed by atoms with E-state index in [4.69, 9.17) is 4.74 Å². The number of rotatable bonds is 7. The summed E-state index contributed by atoms with van der Waals surface area (Å²) >= 11 is 0. The molecule has 2 aromatic rings. The summed E-state index contributed by atoms with van der Waals surface area (Å²) < 4.78 is 6.89. The van der Waals surface area contributed by atoms with Crippen molar-refractivity contribution >= 4 is 0 Å². The Balaban J connectivity index is 1.69. The Morgan fingerprint density at radius 3 is 2.67 bits per heavy atom. The maximum absolute atomic E-state index is 5.08. The highest BCUT2D eigenvalue weighted by Crippen LogP contribution is 2.05. The lowest BCUT2D eigenvalue weighted by atomic mass is 10.1. The zero-order valence-corrected chi connectivity index (χ0v) is 10.5. The lowest BCUT2D eigenvalue weighted by Gasteiger charge is -2.06. The highest BCUT2D eigenvalue weighted by atomic mass is 16.5. The van der Waals surface area contributed by atoms with Crippen molar-refractivity contribution in [3.05, 3.63) is 47.8 Å². The number of methoxy groups -OCH3 is 1. The Bertz CT molecular complexity index is 439. The zero-order valence-electron chi connectivity index (χ0n) is 10.5. The van der Waals surface area contributed by atoms with E-state index >= 15 is 0 Å². The quantitative estimate of drug-likeness (QED) is 0.746. The normalized spacial score (nSPS) is 10.7. The van der Waals surface area contributed by atoms with Gasteiger partial charge in [-0.05, 0) is 11.1 Å². The van der Waals surface area contributed by atoms with Crippen LogP contribution in [0, 0.1) is 0 Å². The van der Waals surface area contributed by atoms with E-state index < -0.39 is 0 Å². The van der Waals surface area contributed by atoms with Crippen LogP contribution in [0.1, 0.15) is 11.1 Å². The molecule has 1 aromatic heterocycles. The van der Waals surface area contributed by atoms with Crippen LogP contribution in [-0.4, -0.2) is 28.6 Å². The van der Waals surface area contributed by atoms with Crippen LogP contribution in [0.5, 0.6) is 0 Å². The Labute approximate surface area is 107 Å². The second-order valence-electron chi connectivity index (χ2n) is 4.09. The average molecular weight is 246 g/mol. The highest BCUT2D eigenvalue weighted by molar-refractivity contribution is 5.21. The first-order valence-electron chi connectivity index (χ1n) is 6.00. The first-order valence-corrected chi connectivity index (χ1v) is 6.00. The molecule has 0 spiro atoms. The number of hydrogen-bond acceptors (Lipinski definition) is 4. The summed E-state index contributed by atoms with van der Waals surface area (Å²) in [5.74, 6) is 0. The van der Waals surface area contributed by atoms with Crippen LogP contribution in [0.4, 0.5) is 0 Å². The summed E-state index contributed by atoms with van der Waals surface area (Å²) in [6.45, 7) is 3.24. The lowest BCUT2D eigenvalue weighted by molar-refractivity contribution is 0.185. The van der Waals surface area contributed by atoms with E-state index in [1.54, 1.807) is 13.3 Å². The van der Waals surface area contributed by atoms with Crippen LogP contribution < -0.4 is 5.32 Å². The fourth-order valence-corrected chi connectivity index (χ4v) is 1.70. The summed E-state index contributed by atoms with van der Waals surface area (Å²) in [5.41, 5.74) is 2.47. The van der Waals surface area contributed by atoms with E-state index in [0.29, 0.717) is 6.61 Å². The second-order valence-corrected chi connectivity index (χ2v) is 4.09. The summed E-state index contributed by atoms with van der Waals surface area (Å²) in [6, 6.07) is 8.43. The smallest absolute Gasteiger partial charge is 0.0713 e. The molecule has 0 amide bonds. The van der Waals surface area contributed by atoms with Crippen molar-refractivity contribution in [3.63, 3.8) is 0 Å². The Hall–Kier alpha value is -1.72. The first kappa shape index (κ1) is 12.7. The Morgan fingerprint density at radius 1 is 1.22 bits per heavy atom. The molecule has 0 aliphatic rings. The van der Waals surface area contributed by atoms with Crippen molar-refractivity contribution in [1.29, 1.82) is 0 Å². The van der Waals surface area contributed by atoms with Gasteiger partial charge in [0.1, 0.15) is 0 Å². The molecule has 0 atom stereocenters. The van der Waals surface area contributed by atoms with Crippen molar-refractivity contribution in [2.24, 2.45) is 0 Å². The third-order valence-corrected chi connectivity index (χ3v) is 2.65. The summed E-state index contributed by atoms with van der Waals surface area (Å²) in [5, 5.41) is 11.0. The fourth-order valence-electron chi connectivity index (χ4n) is 1.70. The predicted octanol–water partition coefficient (Wildman–Crippen LogP) is 1.21. The van der Waals surface area contributed by atoms with Crippen LogP contribution in [0.15, 0.2) is 36.7 Å². The maximum atomic E-state index is 5.08. The molecule has 0 unspecified atom stereocenters. The van der Waals surface area contributed by atoms with Crippen LogP contribution in [0.3, 0.4) is 0 Å². The molecule has 1 aromatic carbocycles. The third kappa shape index (κ3) is 3.94. The minimum Gasteiger partial charge on any atom is -0.380 e. The number of ether oxygens (including phenoxy) is 1. The fraction of sp³-hybridized carbons (Fsp3) is 0.385. The van der Waals surface area contributed by atoms with Gasteiger partial charge in [0, 0.05) is 26.4 Å². The van der Waals surface area contributed by atoms with Gasteiger partial charge in [0.25, 0.3) is 0 Å². The largest absolute Gasteiger partial charge is 0.380 e. The molecule has 1 heterocycles. The number of benzene rings is 1. The number of hydrogen-bond donors (Lipinski definition) is 1. The van der Waals surface area contributed by atoms with E-state index in [1.165, 1.54) is 11.1 Å². The minimum absolute atomic E-state index is 0.667. The van der Waals surface area contributed by atoms with Crippen LogP contribution >= 0.6 is 0 Å². The van der Waals surface area contributed by atoms with Crippen LogP contribution in [0.25, 0.3) is 0 Å². The van der Waals surface area contributed by atoms with Gasteiger partial charge in [-0.15, -0.1) is 5.10 Å². The average Bonchev–Trinajstić information content (AvgIpc) is 2.90. The second kappa shape index (κ2) is 6.88. The number of aromatic nitrogens is 3. The molecule has 18 heavy (non-hydrogen) atoms. The minimum atomic E-state index is 0.667. The monoisotopic (exact) mass is 246 g/mol. The van der Waals surface area contributed by atoms with Crippen molar-refractivity contribution in [2.45, 2.75) is 19.7 Å². The lowest BCUT2D eigenvalue weighted by Crippen LogP contribution is -2.19. The van der Waals surface area contributed by atoms with Gasteiger partial charge in [0.2, 0.25) is 0 Å². The van der Waals surface area contributed by atoms with E-state index in [9.17, 15) is 0 Å². The third-order valence-electron chi connectivity index (χ3n) is 2.65. The standard InChI is InChI=1S/C13H18N4O/c1-18-11-13-4-2-12(3-5-13)10-14-6-8-17-9-7-15-16-17/h2-5,7,9,14H,6,8,10-11H2,1H3. The summed E-state index contributed by atoms with van der Waals surface area (Å²) in [4.78, 5) is 0. The van der Waals surface area contributed by atoms with E-state index in [1.807, 2.05) is 10.9 Å². The van der Waals surface area contributed by atoms with Crippen molar-refractivity contribution < 1.29 is 4.74 Å². The van der Waals surface area contributed by atoms with Crippen molar-refractivity contribution in [3.8, 4) is 0 Å². The molecule has 0 saturated carbocycles. The molecule has 0 fully saturated rings. The molecule has 96 valence electrons. The first-order chi connectivity index (χ1) is 8.88. The van der Waals surface area contributed by atoms with Crippen LogP contribution in [0.2, 0.25) is 0 Å². The highest BCUT2D eigenvalue weighted by Gasteiger charge is 1.95. The van der Waals surface area contributed by atoms with Gasteiger partial charge in [-0.1, -0.05) is 29.5 Å². The molecule has 5 heteroatoms. The van der Waals surface area contributed by atoms with E-state index in [-0.39, 0.29) is 0 Å². The Kier molecular flexibility index (Phi) is 4.87. The molecule has 0 saturated heterocycles. The van der Waals surface area contributed by atoms with E-state index in [0.717, 1.165) is 19.6 Å². The summed E-state index contributed by atoms with van der Waals surface area (Å²) in [6.07, 6.45) is 3.55. The molecule has 0 radical (unpaired) electrons. The molecule has 5 nitrogen and oxygen atoms in total. The van der Waals surface area contributed by atoms with Gasteiger partial charge in [-0.2, -0.15) is 0 Å². The van der Waals surface area contributed by atoms with Crippen molar-refractivity contribution in [2.75, 3.05) is 13.7 Å². The molecule has 0 aliphatic heterocycles. The van der Waals surface area contributed by atoms with Crippen molar-refractivity contribution in [1.82, 2.24) is 20.3 Å². The molecule has 2 rings (SSSR count). The molecular weight excluding hydrogens is 228 g/mol. The molecular formula is C13H18N4O. The number of nitrogens with zero attached hydrogens (tertiary/aromatic N) is 3. The molecule has 1 N–H and O–H groups in total. The van der Waals surface area contributed by atoms with E-state index in [2.05, 4.69) is 39.9 Å². The SMILES string of the molecule is COCc1ccc(CNCCn2ccnn2)cc1. The Morgan fingerprint density at radius 2 is 2.00 bits per heavy atom.